The number of rotatable bonds is 8. The van der Waals surface area contributed by atoms with Crippen molar-refractivity contribution in [1.29, 1.82) is 0 Å². The first-order chi connectivity index (χ1) is 6.20. The minimum Gasteiger partial charge on any atom is -0.396 e. The molecule has 0 aromatic rings. The molecule has 0 saturated heterocycles. The van der Waals surface area contributed by atoms with E-state index in [-0.39, 0.29) is 0 Å². The summed E-state index contributed by atoms with van der Waals surface area (Å²) in [4.78, 5) is 0. The van der Waals surface area contributed by atoms with E-state index in [1.807, 2.05) is 11.8 Å². The zero-order valence-corrected chi connectivity index (χ0v) is 9.86. The van der Waals surface area contributed by atoms with Crippen molar-refractivity contribution in [3.05, 3.63) is 0 Å². The molecule has 80 valence electrons. The first-order valence-electron chi connectivity index (χ1n) is 5.12. The Bertz CT molecular complexity index is 103. The molecule has 0 bridgehead atoms. The fourth-order valence-corrected chi connectivity index (χ4v) is 2.31. The van der Waals surface area contributed by atoms with Crippen molar-refractivity contribution in [2.24, 2.45) is 5.92 Å². The van der Waals surface area contributed by atoms with Gasteiger partial charge in [-0.2, -0.15) is 11.8 Å². The average Bonchev–Trinajstić information content (AvgIpc) is 2.04. The molecule has 0 fully saturated rings. The number of thioether (sulfide) groups is 1. The lowest BCUT2D eigenvalue weighted by molar-refractivity contribution is 0.271. The van der Waals surface area contributed by atoms with Gasteiger partial charge in [0.25, 0.3) is 0 Å². The highest BCUT2D eigenvalue weighted by Gasteiger charge is 2.06. The summed E-state index contributed by atoms with van der Waals surface area (Å²) >= 11 is 1.98. The summed E-state index contributed by atoms with van der Waals surface area (Å²) in [5, 5.41) is 12.2. The Labute approximate surface area is 86.5 Å². The highest BCUT2D eigenvalue weighted by molar-refractivity contribution is 7.99. The maximum absolute atomic E-state index is 8.82. The van der Waals surface area contributed by atoms with E-state index in [4.69, 9.17) is 5.11 Å². The third kappa shape index (κ3) is 8.60. The summed E-state index contributed by atoms with van der Waals surface area (Å²) in [6, 6.07) is 0.485. The molecule has 3 heteroatoms. The summed E-state index contributed by atoms with van der Waals surface area (Å²) in [5.41, 5.74) is 0. The molecular formula is C10H23NOS. The van der Waals surface area contributed by atoms with E-state index < -0.39 is 0 Å². The largest absolute Gasteiger partial charge is 0.396 e. The molecular weight excluding hydrogens is 182 g/mol. The predicted octanol–water partition coefficient (Wildman–Crippen LogP) is 1.74. The Morgan fingerprint density at radius 1 is 1.31 bits per heavy atom. The standard InChI is InChI=1S/C10H23NOS/c1-4-11-10(5-6-12)8-13-7-9(2)3/h9-12H,4-8H2,1-3H3. The van der Waals surface area contributed by atoms with E-state index in [9.17, 15) is 0 Å². The minimum absolute atomic E-state index is 0.292. The molecule has 13 heavy (non-hydrogen) atoms. The number of aliphatic hydroxyl groups is 1. The lowest BCUT2D eigenvalue weighted by atomic mass is 10.2. The Kier molecular flexibility index (Phi) is 9.03. The summed E-state index contributed by atoms with van der Waals surface area (Å²) in [5.74, 6) is 3.10. The molecule has 0 aromatic heterocycles. The van der Waals surface area contributed by atoms with Crippen LogP contribution in [0.3, 0.4) is 0 Å². The Balaban J connectivity index is 3.44. The molecule has 0 aliphatic heterocycles. The van der Waals surface area contributed by atoms with Crippen molar-refractivity contribution >= 4 is 11.8 Å². The molecule has 0 rings (SSSR count). The van der Waals surface area contributed by atoms with Crippen molar-refractivity contribution in [2.45, 2.75) is 33.2 Å². The number of nitrogens with one attached hydrogen (secondary N) is 1. The lowest BCUT2D eigenvalue weighted by Gasteiger charge is -2.16. The predicted molar refractivity (Wildman–Crippen MR) is 61.3 cm³/mol. The third-order valence-electron chi connectivity index (χ3n) is 1.74. The van der Waals surface area contributed by atoms with E-state index >= 15 is 0 Å². The molecule has 0 spiro atoms. The van der Waals surface area contributed by atoms with Crippen molar-refractivity contribution in [1.82, 2.24) is 5.32 Å². The maximum atomic E-state index is 8.82. The number of aliphatic hydroxyl groups excluding tert-OH is 1. The van der Waals surface area contributed by atoms with Crippen LogP contribution < -0.4 is 5.32 Å². The topological polar surface area (TPSA) is 32.3 Å². The smallest absolute Gasteiger partial charge is 0.0446 e. The molecule has 2 N–H and O–H groups in total. The molecule has 0 aliphatic rings. The normalized spacial score (nSPS) is 13.6. The summed E-state index contributed by atoms with van der Waals surface area (Å²) in [6.45, 7) is 7.87. The van der Waals surface area contributed by atoms with Crippen molar-refractivity contribution in [3.63, 3.8) is 0 Å². The minimum atomic E-state index is 0.292. The molecule has 0 aromatic carbocycles. The second kappa shape index (κ2) is 8.85. The quantitative estimate of drug-likeness (QED) is 0.633. The maximum Gasteiger partial charge on any atom is 0.0446 e. The zero-order valence-electron chi connectivity index (χ0n) is 9.05. The van der Waals surface area contributed by atoms with Crippen LogP contribution >= 0.6 is 11.8 Å². The molecule has 0 radical (unpaired) electrons. The van der Waals surface area contributed by atoms with Crippen LogP contribution in [-0.2, 0) is 0 Å². The van der Waals surface area contributed by atoms with Crippen molar-refractivity contribution in [2.75, 3.05) is 24.7 Å². The van der Waals surface area contributed by atoms with Gasteiger partial charge in [0, 0.05) is 18.4 Å². The highest BCUT2D eigenvalue weighted by Crippen LogP contribution is 2.10. The molecule has 0 saturated carbocycles. The van der Waals surface area contributed by atoms with E-state index in [0.29, 0.717) is 12.6 Å². The van der Waals surface area contributed by atoms with Gasteiger partial charge in [-0.1, -0.05) is 20.8 Å². The van der Waals surface area contributed by atoms with E-state index in [1.54, 1.807) is 0 Å². The van der Waals surface area contributed by atoms with Gasteiger partial charge in [-0.3, -0.25) is 0 Å². The monoisotopic (exact) mass is 205 g/mol. The van der Waals surface area contributed by atoms with Crippen LogP contribution in [-0.4, -0.2) is 35.8 Å². The van der Waals surface area contributed by atoms with Crippen LogP contribution in [0, 0.1) is 5.92 Å². The summed E-state index contributed by atoms with van der Waals surface area (Å²) in [6.07, 6.45) is 0.874. The van der Waals surface area contributed by atoms with E-state index in [0.717, 1.165) is 24.6 Å². The molecule has 2 nitrogen and oxygen atoms in total. The van der Waals surface area contributed by atoms with Gasteiger partial charge in [-0.15, -0.1) is 0 Å². The zero-order chi connectivity index (χ0) is 10.1. The average molecular weight is 205 g/mol. The SMILES string of the molecule is CCNC(CCO)CSCC(C)C. The van der Waals surface area contributed by atoms with Crippen LogP contribution in [0.15, 0.2) is 0 Å². The van der Waals surface area contributed by atoms with Crippen LogP contribution in [0.4, 0.5) is 0 Å². The molecule has 1 atom stereocenters. The van der Waals surface area contributed by atoms with Gasteiger partial charge in [0.05, 0.1) is 0 Å². The Morgan fingerprint density at radius 3 is 2.46 bits per heavy atom. The second-order valence-corrected chi connectivity index (χ2v) is 4.77. The third-order valence-corrected chi connectivity index (χ3v) is 3.28. The summed E-state index contributed by atoms with van der Waals surface area (Å²) < 4.78 is 0. The van der Waals surface area contributed by atoms with Gasteiger partial charge in [0.15, 0.2) is 0 Å². The van der Waals surface area contributed by atoms with Gasteiger partial charge in [-0.05, 0) is 24.6 Å². The van der Waals surface area contributed by atoms with Crippen LogP contribution in [0.5, 0.6) is 0 Å². The first-order valence-corrected chi connectivity index (χ1v) is 6.28. The number of hydrogen-bond acceptors (Lipinski definition) is 3. The first kappa shape index (κ1) is 13.3. The fraction of sp³-hybridized carbons (Fsp3) is 1.00. The van der Waals surface area contributed by atoms with E-state index in [2.05, 4.69) is 26.1 Å². The molecule has 0 heterocycles. The van der Waals surface area contributed by atoms with Crippen LogP contribution in [0.25, 0.3) is 0 Å². The Morgan fingerprint density at radius 2 is 2.00 bits per heavy atom. The van der Waals surface area contributed by atoms with Crippen LogP contribution in [0.2, 0.25) is 0 Å². The van der Waals surface area contributed by atoms with Crippen molar-refractivity contribution < 1.29 is 5.11 Å². The highest BCUT2D eigenvalue weighted by atomic mass is 32.2. The van der Waals surface area contributed by atoms with Gasteiger partial charge in [0.1, 0.15) is 0 Å². The van der Waals surface area contributed by atoms with Crippen LogP contribution in [0.1, 0.15) is 27.2 Å². The van der Waals surface area contributed by atoms with Gasteiger partial charge < -0.3 is 10.4 Å². The fourth-order valence-electron chi connectivity index (χ4n) is 1.13. The molecule has 1 unspecified atom stereocenters. The van der Waals surface area contributed by atoms with Gasteiger partial charge >= 0.3 is 0 Å². The number of hydrogen-bond donors (Lipinski definition) is 2. The van der Waals surface area contributed by atoms with E-state index in [1.165, 1.54) is 5.75 Å². The Hall–Kier alpha value is 0.270. The molecule has 0 amide bonds. The van der Waals surface area contributed by atoms with Crippen molar-refractivity contribution in [3.8, 4) is 0 Å². The second-order valence-electron chi connectivity index (χ2n) is 3.70. The summed E-state index contributed by atoms with van der Waals surface area (Å²) in [7, 11) is 0. The van der Waals surface area contributed by atoms with Gasteiger partial charge in [-0.25, -0.2) is 0 Å². The van der Waals surface area contributed by atoms with Gasteiger partial charge in [0.2, 0.25) is 0 Å². The molecule has 0 aliphatic carbocycles. The lowest BCUT2D eigenvalue weighted by Crippen LogP contribution is -2.32.